The van der Waals surface area contributed by atoms with Crippen LogP contribution in [0.2, 0.25) is 0 Å². The molecule has 1 heterocycles. The number of piperidine rings is 1. The van der Waals surface area contributed by atoms with Gasteiger partial charge in [0.05, 0.1) is 12.0 Å². The van der Waals surface area contributed by atoms with Crippen LogP contribution in [0, 0.1) is 5.92 Å². The zero-order valence-electron chi connectivity index (χ0n) is 14.8. The Balaban J connectivity index is 2.11. The highest BCUT2D eigenvalue weighted by Crippen LogP contribution is 2.33. The van der Waals surface area contributed by atoms with Gasteiger partial charge in [-0.05, 0) is 31.7 Å². The van der Waals surface area contributed by atoms with Gasteiger partial charge < -0.3 is 15.5 Å². The minimum Gasteiger partial charge on any atom is -0.356 e. The third-order valence-electron chi connectivity index (χ3n) is 4.56. The lowest BCUT2D eigenvalue weighted by atomic mass is 9.88. The van der Waals surface area contributed by atoms with Crippen LogP contribution >= 0.6 is 0 Å². The van der Waals surface area contributed by atoms with Gasteiger partial charge in [0.25, 0.3) is 0 Å². The first-order valence-corrected chi connectivity index (χ1v) is 9.04. The van der Waals surface area contributed by atoms with Gasteiger partial charge in [-0.3, -0.25) is 4.79 Å². The number of benzene rings is 1. The van der Waals surface area contributed by atoms with Gasteiger partial charge in [-0.1, -0.05) is 43.7 Å². The second-order valence-electron chi connectivity index (χ2n) is 6.33. The predicted octanol–water partition coefficient (Wildman–Crippen LogP) is 3.09. The highest BCUT2D eigenvalue weighted by atomic mass is 16.2. The molecule has 0 saturated carbocycles. The Bertz CT molecular complexity index is 533. The van der Waals surface area contributed by atoms with Crippen molar-refractivity contribution < 1.29 is 9.59 Å². The molecule has 2 rings (SSSR count). The molecule has 3 amide bonds. The number of nitrogens with one attached hydrogen (secondary N) is 2. The molecule has 1 aromatic carbocycles. The van der Waals surface area contributed by atoms with Crippen molar-refractivity contribution in [3.63, 3.8) is 0 Å². The largest absolute Gasteiger partial charge is 0.356 e. The number of carbonyl (C=O) groups excluding carboxylic acids is 2. The van der Waals surface area contributed by atoms with Crippen LogP contribution in [0.25, 0.3) is 0 Å². The highest BCUT2D eigenvalue weighted by molar-refractivity contribution is 5.81. The molecule has 0 aliphatic carbocycles. The standard InChI is InChI=1S/C19H29N3O2/c1-3-5-13-21-19(24)22-14-16(18(23)20-4-2)11-12-17(22)15-9-7-6-8-10-15/h6-10,16-17H,3-5,11-14H2,1-2H3,(H,20,23)(H,21,24). The van der Waals surface area contributed by atoms with Crippen LogP contribution in [0.1, 0.15) is 51.1 Å². The van der Waals surface area contributed by atoms with E-state index in [9.17, 15) is 9.59 Å². The van der Waals surface area contributed by atoms with Crippen LogP contribution in [-0.4, -0.2) is 36.5 Å². The number of hydrogen-bond donors (Lipinski definition) is 2. The molecule has 2 atom stereocenters. The quantitative estimate of drug-likeness (QED) is 0.787. The van der Waals surface area contributed by atoms with E-state index in [4.69, 9.17) is 0 Å². The lowest BCUT2D eigenvalue weighted by molar-refractivity contribution is -0.126. The van der Waals surface area contributed by atoms with Gasteiger partial charge in [-0.25, -0.2) is 4.79 Å². The van der Waals surface area contributed by atoms with E-state index < -0.39 is 0 Å². The molecule has 0 radical (unpaired) electrons. The third kappa shape index (κ3) is 4.73. The molecule has 1 fully saturated rings. The highest BCUT2D eigenvalue weighted by Gasteiger charge is 2.35. The maximum atomic E-state index is 12.7. The molecule has 1 aliphatic rings. The summed E-state index contributed by atoms with van der Waals surface area (Å²) in [6.07, 6.45) is 3.64. The van der Waals surface area contributed by atoms with E-state index >= 15 is 0 Å². The molecule has 1 saturated heterocycles. The number of rotatable bonds is 6. The van der Waals surface area contributed by atoms with Gasteiger partial charge in [-0.15, -0.1) is 0 Å². The summed E-state index contributed by atoms with van der Waals surface area (Å²) >= 11 is 0. The molecule has 132 valence electrons. The van der Waals surface area contributed by atoms with Crippen molar-refractivity contribution in [2.24, 2.45) is 5.92 Å². The van der Waals surface area contributed by atoms with Gasteiger partial charge in [0.2, 0.25) is 5.91 Å². The van der Waals surface area contributed by atoms with Crippen molar-refractivity contribution >= 4 is 11.9 Å². The Morgan fingerprint density at radius 2 is 1.88 bits per heavy atom. The first kappa shape index (κ1) is 18.3. The maximum Gasteiger partial charge on any atom is 0.317 e. The Morgan fingerprint density at radius 1 is 1.12 bits per heavy atom. The number of carbonyl (C=O) groups is 2. The molecule has 1 aliphatic heterocycles. The van der Waals surface area contributed by atoms with E-state index in [1.165, 1.54) is 0 Å². The fourth-order valence-electron chi connectivity index (χ4n) is 3.22. The summed E-state index contributed by atoms with van der Waals surface area (Å²) < 4.78 is 0. The van der Waals surface area contributed by atoms with Crippen LogP contribution in [-0.2, 0) is 4.79 Å². The van der Waals surface area contributed by atoms with Crippen LogP contribution in [0.5, 0.6) is 0 Å². The first-order valence-electron chi connectivity index (χ1n) is 9.04. The van der Waals surface area contributed by atoms with Crippen molar-refractivity contribution in [2.45, 2.75) is 45.6 Å². The van der Waals surface area contributed by atoms with Crippen molar-refractivity contribution in [3.05, 3.63) is 35.9 Å². The molecule has 0 bridgehead atoms. The van der Waals surface area contributed by atoms with Gasteiger partial charge in [0.1, 0.15) is 0 Å². The average molecular weight is 331 g/mol. The third-order valence-corrected chi connectivity index (χ3v) is 4.56. The van der Waals surface area contributed by atoms with Crippen molar-refractivity contribution in [1.82, 2.24) is 15.5 Å². The van der Waals surface area contributed by atoms with Crippen LogP contribution in [0.3, 0.4) is 0 Å². The predicted molar refractivity (Wildman–Crippen MR) is 95.6 cm³/mol. The van der Waals surface area contributed by atoms with Crippen LogP contribution in [0.4, 0.5) is 4.79 Å². The van der Waals surface area contributed by atoms with Gasteiger partial charge in [-0.2, -0.15) is 0 Å². The SMILES string of the molecule is CCCCNC(=O)N1CC(C(=O)NCC)CCC1c1ccccc1. The summed E-state index contributed by atoms with van der Waals surface area (Å²) in [7, 11) is 0. The van der Waals surface area contributed by atoms with E-state index in [0.717, 1.165) is 31.2 Å². The summed E-state index contributed by atoms with van der Waals surface area (Å²) in [6, 6.07) is 10.1. The number of unbranched alkanes of at least 4 members (excludes halogenated alkanes) is 1. The van der Waals surface area contributed by atoms with E-state index in [1.54, 1.807) is 0 Å². The van der Waals surface area contributed by atoms with E-state index in [0.29, 0.717) is 19.6 Å². The second-order valence-corrected chi connectivity index (χ2v) is 6.33. The summed E-state index contributed by atoms with van der Waals surface area (Å²) in [5.74, 6) is -0.0720. The zero-order chi connectivity index (χ0) is 17.4. The monoisotopic (exact) mass is 331 g/mol. The fourth-order valence-corrected chi connectivity index (χ4v) is 3.22. The molecule has 2 unspecified atom stereocenters. The van der Waals surface area contributed by atoms with Crippen LogP contribution in [0.15, 0.2) is 30.3 Å². The molecule has 5 nitrogen and oxygen atoms in total. The smallest absolute Gasteiger partial charge is 0.317 e. The second kappa shape index (κ2) is 9.30. The van der Waals surface area contributed by atoms with E-state index in [2.05, 4.69) is 29.7 Å². The number of urea groups is 1. The summed E-state index contributed by atoms with van der Waals surface area (Å²) in [4.78, 5) is 26.7. The summed E-state index contributed by atoms with van der Waals surface area (Å²) in [5.41, 5.74) is 1.14. The van der Waals surface area contributed by atoms with Crippen molar-refractivity contribution in [2.75, 3.05) is 19.6 Å². The molecule has 2 N–H and O–H groups in total. The van der Waals surface area contributed by atoms with E-state index in [-0.39, 0.29) is 23.9 Å². The molecular weight excluding hydrogens is 302 g/mol. The maximum absolute atomic E-state index is 12.7. The van der Waals surface area contributed by atoms with Gasteiger partial charge in [0, 0.05) is 19.6 Å². The van der Waals surface area contributed by atoms with Gasteiger partial charge >= 0.3 is 6.03 Å². The topological polar surface area (TPSA) is 61.4 Å². The summed E-state index contributed by atoms with van der Waals surface area (Å²) in [5, 5.41) is 5.88. The molecule has 1 aromatic rings. The molecule has 24 heavy (non-hydrogen) atoms. The lowest BCUT2D eigenvalue weighted by Crippen LogP contribution is -2.50. The molecule has 0 spiro atoms. The summed E-state index contributed by atoms with van der Waals surface area (Å²) in [6.45, 7) is 5.80. The Labute approximate surface area is 144 Å². The fraction of sp³-hybridized carbons (Fsp3) is 0.579. The Morgan fingerprint density at radius 3 is 2.54 bits per heavy atom. The van der Waals surface area contributed by atoms with E-state index in [1.807, 2.05) is 30.0 Å². The number of amides is 3. The Hall–Kier alpha value is -2.04. The molecular formula is C19H29N3O2. The Kier molecular flexibility index (Phi) is 7.09. The zero-order valence-corrected chi connectivity index (χ0v) is 14.8. The lowest BCUT2D eigenvalue weighted by Gasteiger charge is -2.39. The molecule has 0 aromatic heterocycles. The van der Waals surface area contributed by atoms with Crippen molar-refractivity contribution in [1.29, 1.82) is 0 Å². The van der Waals surface area contributed by atoms with Gasteiger partial charge in [0.15, 0.2) is 0 Å². The minimum absolute atomic E-state index is 0.0403. The number of likely N-dealkylation sites (tertiary alicyclic amines) is 1. The number of nitrogens with zero attached hydrogens (tertiary/aromatic N) is 1. The van der Waals surface area contributed by atoms with Crippen molar-refractivity contribution in [3.8, 4) is 0 Å². The first-order chi connectivity index (χ1) is 11.7. The normalized spacial score (nSPS) is 20.5. The minimum atomic E-state index is -0.123. The molecule has 5 heteroatoms. The number of hydrogen-bond acceptors (Lipinski definition) is 2. The van der Waals surface area contributed by atoms with Crippen LogP contribution < -0.4 is 10.6 Å². The average Bonchev–Trinajstić information content (AvgIpc) is 2.62.